The molecule has 8 nitrogen and oxygen atoms in total. The van der Waals surface area contributed by atoms with Gasteiger partial charge in [-0.05, 0) is 23.8 Å². The SMILES string of the molecule is O=C1CN(C(=O)O)C2C(c3c[nH]c4cc(F)ccc34)CN(C(=O)O)C12. The summed E-state index contributed by atoms with van der Waals surface area (Å²) in [5, 5.41) is 19.5. The highest BCUT2D eigenvalue weighted by Crippen LogP contribution is 2.41. The van der Waals surface area contributed by atoms with Crippen molar-refractivity contribution < 1.29 is 29.0 Å². The summed E-state index contributed by atoms with van der Waals surface area (Å²) in [5.74, 6) is -1.35. The number of carboxylic acid groups (broad SMARTS) is 2. The minimum Gasteiger partial charge on any atom is -0.465 e. The van der Waals surface area contributed by atoms with Crippen molar-refractivity contribution in [2.24, 2.45) is 0 Å². The van der Waals surface area contributed by atoms with E-state index in [4.69, 9.17) is 0 Å². The molecule has 2 saturated heterocycles. The van der Waals surface area contributed by atoms with Crippen LogP contribution in [-0.4, -0.2) is 68.1 Å². The van der Waals surface area contributed by atoms with Gasteiger partial charge in [0, 0.05) is 29.6 Å². The minimum atomic E-state index is -1.26. The number of hydrogen-bond acceptors (Lipinski definition) is 3. The van der Waals surface area contributed by atoms with Crippen LogP contribution >= 0.6 is 0 Å². The number of nitrogens with zero attached hydrogens (tertiary/aromatic N) is 2. The van der Waals surface area contributed by atoms with Gasteiger partial charge in [0.25, 0.3) is 0 Å². The summed E-state index contributed by atoms with van der Waals surface area (Å²) < 4.78 is 13.4. The molecule has 9 heteroatoms. The van der Waals surface area contributed by atoms with E-state index >= 15 is 0 Å². The van der Waals surface area contributed by atoms with Crippen LogP contribution in [0.4, 0.5) is 14.0 Å². The molecule has 3 unspecified atom stereocenters. The van der Waals surface area contributed by atoms with Crippen molar-refractivity contribution in [3.8, 4) is 0 Å². The van der Waals surface area contributed by atoms with Crippen molar-refractivity contribution in [1.29, 1.82) is 0 Å². The number of nitrogens with one attached hydrogen (secondary N) is 1. The van der Waals surface area contributed by atoms with Crippen LogP contribution in [0.25, 0.3) is 10.9 Å². The summed E-state index contributed by atoms with van der Waals surface area (Å²) in [6, 6.07) is 2.37. The first kappa shape index (κ1) is 15.4. The van der Waals surface area contributed by atoms with E-state index in [1.54, 1.807) is 12.3 Å². The van der Waals surface area contributed by atoms with E-state index in [0.29, 0.717) is 16.5 Å². The third-order valence-electron chi connectivity index (χ3n) is 5.05. The van der Waals surface area contributed by atoms with Gasteiger partial charge < -0.3 is 15.2 Å². The fourth-order valence-corrected chi connectivity index (χ4v) is 4.06. The van der Waals surface area contributed by atoms with E-state index in [1.807, 2.05) is 0 Å². The molecule has 0 saturated carbocycles. The van der Waals surface area contributed by atoms with Crippen LogP contribution in [0.3, 0.4) is 0 Å². The monoisotopic (exact) mass is 347 g/mol. The molecular formula is C16H14FN3O5. The normalized spacial score (nSPS) is 25.6. The third kappa shape index (κ3) is 2.15. The van der Waals surface area contributed by atoms with E-state index in [9.17, 15) is 29.0 Å². The smallest absolute Gasteiger partial charge is 0.408 e. The van der Waals surface area contributed by atoms with E-state index in [0.717, 1.165) is 9.80 Å². The van der Waals surface area contributed by atoms with Crippen LogP contribution < -0.4 is 0 Å². The molecule has 4 rings (SSSR count). The molecule has 25 heavy (non-hydrogen) atoms. The second-order valence-electron chi connectivity index (χ2n) is 6.29. The number of ketones is 1. The zero-order chi connectivity index (χ0) is 17.9. The molecule has 0 bridgehead atoms. The molecule has 1 aromatic carbocycles. The molecular weight excluding hydrogens is 333 g/mol. The van der Waals surface area contributed by atoms with Gasteiger partial charge in [0.05, 0.1) is 12.6 Å². The largest absolute Gasteiger partial charge is 0.465 e. The van der Waals surface area contributed by atoms with Gasteiger partial charge in [-0.2, -0.15) is 0 Å². The van der Waals surface area contributed by atoms with Crippen molar-refractivity contribution in [3.63, 3.8) is 0 Å². The summed E-state index contributed by atoms with van der Waals surface area (Å²) in [5.41, 5.74) is 1.21. The maximum absolute atomic E-state index is 13.4. The number of carbonyl (C=O) groups excluding carboxylic acids is 1. The van der Waals surface area contributed by atoms with Crippen LogP contribution in [0.5, 0.6) is 0 Å². The molecule has 1 aromatic heterocycles. The van der Waals surface area contributed by atoms with E-state index in [2.05, 4.69) is 4.98 Å². The summed E-state index contributed by atoms with van der Waals surface area (Å²) in [6.45, 7) is -0.327. The summed E-state index contributed by atoms with van der Waals surface area (Å²) in [4.78, 5) is 40.3. The number of Topliss-reactive ketones (excluding diaryl/α,β-unsaturated/α-hetero) is 1. The molecule has 3 atom stereocenters. The average molecular weight is 347 g/mol. The van der Waals surface area contributed by atoms with Gasteiger partial charge in [-0.1, -0.05) is 0 Å². The number of fused-ring (bicyclic) bond motifs is 2. The highest BCUT2D eigenvalue weighted by Gasteiger charge is 2.57. The van der Waals surface area contributed by atoms with Crippen molar-refractivity contribution in [1.82, 2.24) is 14.8 Å². The number of aromatic nitrogens is 1. The van der Waals surface area contributed by atoms with Crippen LogP contribution in [0.2, 0.25) is 0 Å². The second-order valence-corrected chi connectivity index (χ2v) is 6.29. The Bertz CT molecular complexity index is 898. The van der Waals surface area contributed by atoms with E-state index in [1.165, 1.54) is 12.1 Å². The molecule has 0 radical (unpaired) electrons. The predicted molar refractivity (Wildman–Crippen MR) is 83.0 cm³/mol. The Morgan fingerprint density at radius 2 is 1.92 bits per heavy atom. The molecule has 2 aliphatic rings. The number of aromatic amines is 1. The summed E-state index contributed by atoms with van der Waals surface area (Å²) >= 11 is 0. The molecule has 0 aliphatic carbocycles. The number of carbonyl (C=O) groups is 3. The number of amides is 2. The fourth-order valence-electron chi connectivity index (χ4n) is 4.06. The Labute approximate surface area is 140 Å². The number of rotatable bonds is 1. The van der Waals surface area contributed by atoms with Crippen molar-refractivity contribution >= 4 is 28.9 Å². The van der Waals surface area contributed by atoms with Crippen molar-refractivity contribution in [2.75, 3.05) is 13.1 Å². The average Bonchev–Trinajstić information content (AvgIpc) is 3.20. The Balaban J connectivity index is 1.83. The van der Waals surface area contributed by atoms with Crippen LogP contribution in [-0.2, 0) is 4.79 Å². The summed E-state index contributed by atoms with van der Waals surface area (Å²) in [7, 11) is 0. The van der Waals surface area contributed by atoms with Crippen LogP contribution in [0.1, 0.15) is 11.5 Å². The highest BCUT2D eigenvalue weighted by molar-refractivity contribution is 5.96. The maximum atomic E-state index is 13.4. The third-order valence-corrected chi connectivity index (χ3v) is 5.05. The van der Waals surface area contributed by atoms with E-state index < -0.39 is 41.8 Å². The zero-order valence-electron chi connectivity index (χ0n) is 12.8. The highest BCUT2D eigenvalue weighted by atomic mass is 19.1. The Morgan fingerprint density at radius 1 is 1.20 bits per heavy atom. The first-order chi connectivity index (χ1) is 11.9. The lowest BCUT2D eigenvalue weighted by Gasteiger charge is -2.24. The number of hydrogen-bond donors (Lipinski definition) is 3. The van der Waals surface area contributed by atoms with Crippen LogP contribution in [0.15, 0.2) is 24.4 Å². The second kappa shape index (κ2) is 5.20. The van der Waals surface area contributed by atoms with Gasteiger partial charge in [-0.15, -0.1) is 0 Å². The standard InChI is InChI=1S/C16H14FN3O5/c17-7-1-2-8-9(4-18-11(8)3-7)10-5-19(15(22)23)14-12(21)6-20(13(10)14)16(24)25/h1-4,10,13-14,18H,5-6H2,(H,22,23)(H,24,25). The molecule has 2 fully saturated rings. The molecule has 3 heterocycles. The lowest BCUT2D eigenvalue weighted by Crippen LogP contribution is -2.43. The Morgan fingerprint density at radius 3 is 2.60 bits per heavy atom. The quantitative estimate of drug-likeness (QED) is 0.726. The van der Waals surface area contributed by atoms with Gasteiger partial charge >= 0.3 is 12.2 Å². The lowest BCUT2D eigenvalue weighted by atomic mass is 9.91. The Hall–Kier alpha value is -3.10. The van der Waals surface area contributed by atoms with Gasteiger partial charge in [-0.3, -0.25) is 14.6 Å². The van der Waals surface area contributed by atoms with Crippen molar-refractivity contribution in [2.45, 2.75) is 18.0 Å². The van der Waals surface area contributed by atoms with Gasteiger partial charge in [0.1, 0.15) is 11.9 Å². The molecule has 2 aliphatic heterocycles. The first-order valence-electron chi connectivity index (χ1n) is 7.67. The molecule has 130 valence electrons. The molecule has 0 spiro atoms. The number of H-pyrrole nitrogens is 1. The number of halogens is 1. The molecule has 2 amide bonds. The molecule has 2 aromatic rings. The van der Waals surface area contributed by atoms with Gasteiger partial charge in [0.15, 0.2) is 5.78 Å². The molecule has 3 N–H and O–H groups in total. The Kier molecular flexibility index (Phi) is 3.21. The lowest BCUT2D eigenvalue weighted by molar-refractivity contribution is -0.120. The van der Waals surface area contributed by atoms with Crippen molar-refractivity contribution in [3.05, 3.63) is 35.8 Å². The minimum absolute atomic E-state index is 0.00448. The topological polar surface area (TPSA) is 114 Å². The summed E-state index contributed by atoms with van der Waals surface area (Å²) in [6.07, 6.45) is -0.895. The van der Waals surface area contributed by atoms with Gasteiger partial charge in [-0.25, -0.2) is 14.0 Å². The number of benzene rings is 1. The fraction of sp³-hybridized carbons (Fsp3) is 0.312. The van der Waals surface area contributed by atoms with Gasteiger partial charge in [0.2, 0.25) is 0 Å². The zero-order valence-corrected chi connectivity index (χ0v) is 12.8. The van der Waals surface area contributed by atoms with Crippen LogP contribution in [0, 0.1) is 5.82 Å². The predicted octanol–water partition coefficient (Wildman–Crippen LogP) is 1.68. The maximum Gasteiger partial charge on any atom is 0.408 e. The van der Waals surface area contributed by atoms with E-state index in [-0.39, 0.29) is 13.1 Å². The number of likely N-dealkylation sites (tertiary alicyclic amines) is 2. The first-order valence-corrected chi connectivity index (χ1v) is 7.67.